The van der Waals surface area contributed by atoms with E-state index < -0.39 is 0 Å². The summed E-state index contributed by atoms with van der Waals surface area (Å²) < 4.78 is 5.00. The first kappa shape index (κ1) is 12.1. The highest BCUT2D eigenvalue weighted by molar-refractivity contribution is 4.96. The van der Waals surface area contributed by atoms with Crippen LogP contribution in [0.2, 0.25) is 0 Å². The number of likely N-dealkylation sites (N-methyl/N-ethyl adjacent to an activating group) is 1. The second-order valence-electron chi connectivity index (χ2n) is 5.30. The summed E-state index contributed by atoms with van der Waals surface area (Å²) in [5, 5.41) is 0. The predicted octanol–water partition coefficient (Wildman–Crippen LogP) is 0.496. The van der Waals surface area contributed by atoms with Gasteiger partial charge in [0.15, 0.2) is 6.39 Å². The van der Waals surface area contributed by atoms with Crippen LogP contribution in [-0.4, -0.2) is 71.5 Å². The zero-order valence-corrected chi connectivity index (χ0v) is 11.1. The monoisotopic (exact) mass is 250 g/mol. The summed E-state index contributed by atoms with van der Waals surface area (Å²) in [6.07, 6.45) is 3.25. The van der Waals surface area contributed by atoms with Gasteiger partial charge in [-0.1, -0.05) is 6.92 Å². The predicted molar refractivity (Wildman–Crippen MR) is 69.3 cm³/mol. The van der Waals surface area contributed by atoms with Crippen molar-refractivity contribution < 1.29 is 4.42 Å². The van der Waals surface area contributed by atoms with Crippen LogP contribution in [0.25, 0.3) is 0 Å². The third kappa shape index (κ3) is 2.58. The minimum absolute atomic E-state index is 0.760. The van der Waals surface area contributed by atoms with E-state index in [1.165, 1.54) is 52.2 Å². The van der Waals surface area contributed by atoms with Crippen LogP contribution in [-0.2, 0) is 6.54 Å². The van der Waals surface area contributed by atoms with Gasteiger partial charge in [-0.05, 0) is 6.54 Å². The summed E-state index contributed by atoms with van der Waals surface area (Å²) in [4.78, 5) is 11.8. The van der Waals surface area contributed by atoms with Crippen LogP contribution < -0.4 is 0 Å². The number of hydrogen-bond acceptors (Lipinski definition) is 5. The third-order valence-electron chi connectivity index (χ3n) is 4.18. The van der Waals surface area contributed by atoms with E-state index in [1.54, 1.807) is 6.26 Å². The smallest absolute Gasteiger partial charge is 0.180 e. The summed E-state index contributed by atoms with van der Waals surface area (Å²) in [5.74, 6) is 0. The fourth-order valence-electron chi connectivity index (χ4n) is 2.89. The van der Waals surface area contributed by atoms with E-state index in [4.69, 9.17) is 4.42 Å². The molecule has 18 heavy (non-hydrogen) atoms. The highest BCUT2D eigenvalue weighted by Gasteiger charge is 2.33. The summed E-state index contributed by atoms with van der Waals surface area (Å²) in [6, 6.07) is 0.760. The Bertz CT molecular complexity index is 353. The summed E-state index contributed by atoms with van der Waals surface area (Å²) >= 11 is 0. The molecule has 0 spiro atoms. The van der Waals surface area contributed by atoms with Crippen LogP contribution >= 0.6 is 0 Å². The van der Waals surface area contributed by atoms with Crippen molar-refractivity contribution in [2.75, 3.05) is 45.8 Å². The molecule has 0 unspecified atom stereocenters. The Morgan fingerprint density at radius 3 is 2.61 bits per heavy atom. The molecule has 0 saturated carbocycles. The molecule has 0 atom stereocenters. The van der Waals surface area contributed by atoms with Gasteiger partial charge in [-0.3, -0.25) is 9.80 Å². The fourth-order valence-corrected chi connectivity index (χ4v) is 2.89. The third-order valence-corrected chi connectivity index (χ3v) is 4.18. The molecule has 3 rings (SSSR count). The summed E-state index contributed by atoms with van der Waals surface area (Å²) in [5.41, 5.74) is 1.05. The van der Waals surface area contributed by atoms with Gasteiger partial charge in [-0.15, -0.1) is 0 Å². The Morgan fingerprint density at radius 1 is 1.22 bits per heavy atom. The quantitative estimate of drug-likeness (QED) is 0.777. The van der Waals surface area contributed by atoms with E-state index in [0.717, 1.165) is 18.3 Å². The normalized spacial score (nSPS) is 24.3. The topological polar surface area (TPSA) is 35.8 Å². The molecule has 100 valence electrons. The molecule has 2 fully saturated rings. The lowest BCUT2D eigenvalue weighted by molar-refractivity contribution is 0.00157. The standard InChI is InChI=1S/C13H22N4O/c1-2-15-3-5-17(6-4-15)13-8-16(9-13)7-12-10-18-11-14-12/h10-11,13H,2-9H2,1H3. The van der Waals surface area contributed by atoms with Crippen molar-refractivity contribution in [3.05, 3.63) is 18.4 Å². The van der Waals surface area contributed by atoms with Gasteiger partial charge in [0.05, 0.1) is 5.69 Å². The average molecular weight is 250 g/mol. The first-order valence-corrected chi connectivity index (χ1v) is 6.91. The van der Waals surface area contributed by atoms with Crippen molar-refractivity contribution in [2.24, 2.45) is 0 Å². The van der Waals surface area contributed by atoms with Crippen molar-refractivity contribution in [3.63, 3.8) is 0 Å². The highest BCUT2D eigenvalue weighted by atomic mass is 16.3. The van der Waals surface area contributed by atoms with E-state index in [1.807, 2.05) is 0 Å². The Hall–Kier alpha value is -0.910. The van der Waals surface area contributed by atoms with Gasteiger partial charge in [0.1, 0.15) is 6.26 Å². The van der Waals surface area contributed by atoms with Crippen LogP contribution in [0.3, 0.4) is 0 Å². The molecule has 2 aliphatic heterocycles. The largest absolute Gasteiger partial charge is 0.451 e. The van der Waals surface area contributed by atoms with Crippen LogP contribution in [0.5, 0.6) is 0 Å². The highest BCUT2D eigenvalue weighted by Crippen LogP contribution is 2.18. The van der Waals surface area contributed by atoms with E-state index in [2.05, 4.69) is 26.6 Å². The maximum Gasteiger partial charge on any atom is 0.180 e. The Kier molecular flexibility index (Phi) is 3.63. The Labute approximate surface area is 108 Å². The summed E-state index contributed by atoms with van der Waals surface area (Å²) in [7, 11) is 0. The van der Waals surface area contributed by atoms with Crippen molar-refractivity contribution in [1.82, 2.24) is 19.7 Å². The van der Waals surface area contributed by atoms with Crippen LogP contribution in [0.15, 0.2) is 17.1 Å². The number of aromatic nitrogens is 1. The molecule has 5 heteroatoms. The lowest BCUT2D eigenvalue weighted by atomic mass is 10.1. The van der Waals surface area contributed by atoms with Gasteiger partial charge in [0.2, 0.25) is 0 Å². The number of oxazole rings is 1. The molecular weight excluding hydrogens is 228 g/mol. The van der Waals surface area contributed by atoms with E-state index in [0.29, 0.717) is 0 Å². The lowest BCUT2D eigenvalue weighted by Crippen LogP contribution is -2.62. The maximum absolute atomic E-state index is 5.00. The zero-order chi connectivity index (χ0) is 12.4. The molecular formula is C13H22N4O. The van der Waals surface area contributed by atoms with E-state index >= 15 is 0 Å². The molecule has 1 aromatic heterocycles. The molecule has 0 aromatic carbocycles. The van der Waals surface area contributed by atoms with Crippen LogP contribution in [0, 0.1) is 0 Å². The van der Waals surface area contributed by atoms with Gasteiger partial charge >= 0.3 is 0 Å². The number of hydrogen-bond donors (Lipinski definition) is 0. The zero-order valence-electron chi connectivity index (χ0n) is 11.1. The van der Waals surface area contributed by atoms with Crippen LogP contribution in [0.4, 0.5) is 0 Å². The molecule has 2 saturated heterocycles. The van der Waals surface area contributed by atoms with E-state index in [9.17, 15) is 0 Å². The Balaban J connectivity index is 1.40. The molecule has 0 bridgehead atoms. The van der Waals surface area contributed by atoms with Gasteiger partial charge in [0, 0.05) is 51.9 Å². The summed E-state index contributed by atoms with van der Waals surface area (Å²) in [6.45, 7) is 11.7. The number of piperazine rings is 1. The minimum atomic E-state index is 0.760. The van der Waals surface area contributed by atoms with Crippen molar-refractivity contribution in [2.45, 2.75) is 19.5 Å². The Morgan fingerprint density at radius 2 is 2.00 bits per heavy atom. The van der Waals surface area contributed by atoms with Crippen molar-refractivity contribution in [3.8, 4) is 0 Å². The first-order valence-electron chi connectivity index (χ1n) is 6.91. The fraction of sp³-hybridized carbons (Fsp3) is 0.769. The maximum atomic E-state index is 5.00. The minimum Gasteiger partial charge on any atom is -0.451 e. The second-order valence-corrected chi connectivity index (χ2v) is 5.30. The van der Waals surface area contributed by atoms with Gasteiger partial charge in [0.25, 0.3) is 0 Å². The first-order chi connectivity index (χ1) is 8.85. The van der Waals surface area contributed by atoms with Gasteiger partial charge < -0.3 is 9.32 Å². The molecule has 2 aliphatic rings. The number of rotatable bonds is 4. The van der Waals surface area contributed by atoms with Crippen LogP contribution in [0.1, 0.15) is 12.6 Å². The lowest BCUT2D eigenvalue weighted by Gasteiger charge is -2.48. The second kappa shape index (κ2) is 5.38. The SMILES string of the molecule is CCN1CCN(C2CN(Cc3cocn3)C2)CC1. The van der Waals surface area contributed by atoms with Gasteiger partial charge in [-0.25, -0.2) is 4.98 Å². The number of nitrogens with zero attached hydrogens (tertiary/aromatic N) is 4. The molecule has 0 radical (unpaired) electrons. The molecule has 0 aliphatic carbocycles. The van der Waals surface area contributed by atoms with E-state index in [-0.39, 0.29) is 0 Å². The molecule has 5 nitrogen and oxygen atoms in total. The average Bonchev–Trinajstić information content (AvgIpc) is 2.86. The van der Waals surface area contributed by atoms with Crippen molar-refractivity contribution in [1.29, 1.82) is 0 Å². The molecule has 0 N–H and O–H groups in total. The van der Waals surface area contributed by atoms with Gasteiger partial charge in [-0.2, -0.15) is 0 Å². The number of likely N-dealkylation sites (tertiary alicyclic amines) is 1. The molecule has 3 heterocycles. The molecule has 0 amide bonds. The van der Waals surface area contributed by atoms with Crippen molar-refractivity contribution >= 4 is 0 Å². The molecule has 1 aromatic rings.